The van der Waals surface area contributed by atoms with Crippen molar-refractivity contribution in [3.05, 3.63) is 18.6 Å². The van der Waals surface area contributed by atoms with Gasteiger partial charge in [-0.25, -0.2) is 4.98 Å². The third-order valence-electron chi connectivity index (χ3n) is 3.74. The van der Waals surface area contributed by atoms with Crippen LogP contribution < -0.4 is 4.90 Å². The van der Waals surface area contributed by atoms with Gasteiger partial charge in [-0.05, 0) is 19.8 Å². The van der Waals surface area contributed by atoms with E-state index in [0.717, 1.165) is 18.9 Å². The van der Waals surface area contributed by atoms with Crippen molar-refractivity contribution in [1.29, 1.82) is 0 Å². The number of amides is 1. The van der Waals surface area contributed by atoms with E-state index in [0.29, 0.717) is 19.4 Å². The number of anilines is 1. The van der Waals surface area contributed by atoms with E-state index in [2.05, 4.69) is 14.9 Å². The summed E-state index contributed by atoms with van der Waals surface area (Å²) in [6.07, 6.45) is 6.42. The smallest absolute Gasteiger partial charge is 0.323 e. The molecular weight excluding hydrogens is 272 g/mol. The van der Waals surface area contributed by atoms with E-state index in [4.69, 9.17) is 5.11 Å². The van der Waals surface area contributed by atoms with Gasteiger partial charge >= 0.3 is 5.97 Å². The molecule has 1 saturated heterocycles. The van der Waals surface area contributed by atoms with Crippen molar-refractivity contribution < 1.29 is 14.7 Å². The van der Waals surface area contributed by atoms with Crippen molar-refractivity contribution in [2.45, 2.75) is 19.8 Å². The van der Waals surface area contributed by atoms with Gasteiger partial charge in [0.25, 0.3) is 0 Å². The highest BCUT2D eigenvalue weighted by Crippen LogP contribution is 2.22. The van der Waals surface area contributed by atoms with Crippen LogP contribution in [0.15, 0.2) is 18.6 Å². The summed E-state index contributed by atoms with van der Waals surface area (Å²) in [4.78, 5) is 34.9. The Morgan fingerprint density at radius 1 is 1.38 bits per heavy atom. The van der Waals surface area contributed by atoms with Crippen LogP contribution in [0.5, 0.6) is 0 Å². The molecule has 0 bridgehead atoms. The number of hydrogen-bond acceptors (Lipinski definition) is 5. The largest absolute Gasteiger partial charge is 0.480 e. The average molecular weight is 292 g/mol. The van der Waals surface area contributed by atoms with Crippen LogP contribution >= 0.6 is 0 Å². The maximum absolute atomic E-state index is 12.3. The summed E-state index contributed by atoms with van der Waals surface area (Å²) in [5, 5.41) is 8.84. The molecule has 2 rings (SSSR count). The molecule has 0 unspecified atom stereocenters. The summed E-state index contributed by atoms with van der Waals surface area (Å²) in [6, 6.07) is 0. The fourth-order valence-electron chi connectivity index (χ4n) is 2.58. The number of carbonyl (C=O) groups is 2. The van der Waals surface area contributed by atoms with E-state index < -0.39 is 5.97 Å². The molecule has 0 aromatic carbocycles. The molecule has 0 spiro atoms. The molecule has 114 valence electrons. The lowest BCUT2D eigenvalue weighted by molar-refractivity contribution is -0.146. The molecule has 0 atom stereocenters. The Hall–Kier alpha value is -2.18. The third-order valence-corrected chi connectivity index (χ3v) is 3.74. The van der Waals surface area contributed by atoms with Crippen LogP contribution in [0, 0.1) is 5.92 Å². The minimum Gasteiger partial charge on any atom is -0.480 e. The molecular formula is C14H20N4O3. The van der Waals surface area contributed by atoms with Crippen LogP contribution in [0.25, 0.3) is 0 Å². The number of likely N-dealkylation sites (N-methyl/N-ethyl adjacent to an activating group) is 1. The van der Waals surface area contributed by atoms with Gasteiger partial charge in [-0.2, -0.15) is 0 Å². The van der Waals surface area contributed by atoms with Crippen LogP contribution in [-0.4, -0.2) is 58.0 Å². The van der Waals surface area contributed by atoms with E-state index >= 15 is 0 Å². The molecule has 2 heterocycles. The third kappa shape index (κ3) is 3.90. The van der Waals surface area contributed by atoms with Crippen LogP contribution in [-0.2, 0) is 9.59 Å². The standard InChI is InChI=1S/C14H20N4O3/c1-2-17(10-13(19)20)14(21)11-3-7-18(8-4-11)12-9-15-5-6-16-12/h5-6,9,11H,2-4,7-8,10H2,1H3,(H,19,20). The number of carbonyl (C=O) groups excluding carboxylic acids is 1. The fourth-order valence-corrected chi connectivity index (χ4v) is 2.58. The Bertz CT molecular complexity index is 486. The number of hydrogen-bond donors (Lipinski definition) is 1. The second kappa shape index (κ2) is 7.01. The maximum Gasteiger partial charge on any atom is 0.323 e. The Balaban J connectivity index is 1.91. The number of carboxylic acid groups (broad SMARTS) is 1. The first kappa shape index (κ1) is 15.2. The lowest BCUT2D eigenvalue weighted by atomic mass is 9.95. The van der Waals surface area contributed by atoms with Crippen LogP contribution in [0.4, 0.5) is 5.82 Å². The molecule has 7 heteroatoms. The van der Waals surface area contributed by atoms with Gasteiger partial charge in [0.05, 0.1) is 6.20 Å². The molecule has 21 heavy (non-hydrogen) atoms. The summed E-state index contributed by atoms with van der Waals surface area (Å²) in [7, 11) is 0. The normalized spacial score (nSPS) is 15.8. The lowest BCUT2D eigenvalue weighted by Crippen LogP contribution is -2.44. The first-order valence-corrected chi connectivity index (χ1v) is 7.13. The Labute approximate surface area is 123 Å². The molecule has 0 aliphatic carbocycles. The zero-order valence-electron chi connectivity index (χ0n) is 12.1. The molecule has 1 aliphatic heterocycles. The van der Waals surface area contributed by atoms with Gasteiger partial charge in [0.15, 0.2) is 0 Å². The van der Waals surface area contributed by atoms with Gasteiger partial charge in [0.2, 0.25) is 5.91 Å². The number of piperidine rings is 1. The molecule has 0 radical (unpaired) electrons. The minimum absolute atomic E-state index is 0.0568. The van der Waals surface area contributed by atoms with Gasteiger partial charge < -0.3 is 14.9 Å². The number of rotatable bonds is 5. The van der Waals surface area contributed by atoms with Gasteiger partial charge in [-0.3, -0.25) is 14.6 Å². The SMILES string of the molecule is CCN(CC(=O)O)C(=O)C1CCN(c2cnccn2)CC1. The van der Waals surface area contributed by atoms with Crippen molar-refractivity contribution in [2.24, 2.45) is 5.92 Å². The monoisotopic (exact) mass is 292 g/mol. The Morgan fingerprint density at radius 3 is 2.62 bits per heavy atom. The van der Waals surface area contributed by atoms with Crippen molar-refractivity contribution in [3.8, 4) is 0 Å². The second-order valence-electron chi connectivity index (χ2n) is 5.07. The van der Waals surface area contributed by atoms with Crippen LogP contribution in [0.3, 0.4) is 0 Å². The number of aliphatic carboxylic acids is 1. The van der Waals surface area contributed by atoms with E-state index in [1.54, 1.807) is 25.5 Å². The quantitative estimate of drug-likeness (QED) is 0.856. The second-order valence-corrected chi connectivity index (χ2v) is 5.07. The highest BCUT2D eigenvalue weighted by Gasteiger charge is 2.29. The van der Waals surface area contributed by atoms with E-state index in [1.165, 1.54) is 4.90 Å². The van der Waals surface area contributed by atoms with E-state index in [1.807, 2.05) is 0 Å². The predicted molar refractivity (Wildman–Crippen MR) is 76.9 cm³/mol. The first-order valence-electron chi connectivity index (χ1n) is 7.13. The molecule has 0 saturated carbocycles. The summed E-state index contributed by atoms with van der Waals surface area (Å²) in [6.45, 7) is 3.48. The number of aromatic nitrogens is 2. The van der Waals surface area contributed by atoms with Crippen molar-refractivity contribution >= 4 is 17.7 Å². The highest BCUT2D eigenvalue weighted by molar-refractivity contribution is 5.83. The van der Waals surface area contributed by atoms with Crippen molar-refractivity contribution in [3.63, 3.8) is 0 Å². The summed E-state index contributed by atoms with van der Waals surface area (Å²) in [5.41, 5.74) is 0. The van der Waals surface area contributed by atoms with Gasteiger partial charge in [0, 0.05) is 37.9 Å². The number of nitrogens with zero attached hydrogens (tertiary/aromatic N) is 4. The zero-order valence-corrected chi connectivity index (χ0v) is 12.1. The topological polar surface area (TPSA) is 86.6 Å². The summed E-state index contributed by atoms with van der Waals surface area (Å²) < 4.78 is 0. The molecule has 1 aliphatic rings. The molecule has 1 aromatic rings. The van der Waals surface area contributed by atoms with Gasteiger partial charge in [-0.1, -0.05) is 0 Å². The lowest BCUT2D eigenvalue weighted by Gasteiger charge is -2.34. The van der Waals surface area contributed by atoms with E-state index in [-0.39, 0.29) is 18.4 Å². The molecule has 1 N–H and O–H groups in total. The zero-order chi connectivity index (χ0) is 15.2. The molecule has 7 nitrogen and oxygen atoms in total. The summed E-state index contributed by atoms with van der Waals surface area (Å²) >= 11 is 0. The first-order chi connectivity index (χ1) is 10.1. The van der Waals surface area contributed by atoms with Crippen molar-refractivity contribution in [2.75, 3.05) is 31.1 Å². The molecule has 1 fully saturated rings. The maximum atomic E-state index is 12.3. The minimum atomic E-state index is -0.970. The van der Waals surface area contributed by atoms with E-state index in [9.17, 15) is 9.59 Å². The number of carboxylic acids is 1. The molecule has 1 aromatic heterocycles. The average Bonchev–Trinajstić information content (AvgIpc) is 2.53. The van der Waals surface area contributed by atoms with Crippen LogP contribution in [0.2, 0.25) is 0 Å². The Morgan fingerprint density at radius 2 is 2.10 bits per heavy atom. The predicted octanol–water partition coefficient (Wildman–Crippen LogP) is 0.626. The van der Waals surface area contributed by atoms with Gasteiger partial charge in [0.1, 0.15) is 12.4 Å². The van der Waals surface area contributed by atoms with Gasteiger partial charge in [-0.15, -0.1) is 0 Å². The highest BCUT2D eigenvalue weighted by atomic mass is 16.4. The molecule has 1 amide bonds. The fraction of sp³-hybridized carbons (Fsp3) is 0.571. The van der Waals surface area contributed by atoms with Crippen molar-refractivity contribution in [1.82, 2.24) is 14.9 Å². The Kier molecular flexibility index (Phi) is 5.08. The van der Waals surface area contributed by atoms with Crippen LogP contribution in [0.1, 0.15) is 19.8 Å². The summed E-state index contributed by atoms with van der Waals surface area (Å²) in [5.74, 6) is -0.306.